The summed E-state index contributed by atoms with van der Waals surface area (Å²) in [7, 11) is 1.26. The minimum absolute atomic E-state index is 0.155. The van der Waals surface area contributed by atoms with Gasteiger partial charge >= 0.3 is 12.1 Å². The van der Waals surface area contributed by atoms with Gasteiger partial charge < -0.3 is 9.47 Å². The quantitative estimate of drug-likeness (QED) is 0.551. The molecule has 25 heavy (non-hydrogen) atoms. The van der Waals surface area contributed by atoms with Gasteiger partial charge in [-0.2, -0.15) is 0 Å². The maximum Gasteiger partial charge on any atom is 0.413 e. The lowest BCUT2D eigenvalue weighted by atomic mass is 10.1. The first-order valence-electron chi connectivity index (χ1n) is 7.66. The fourth-order valence-electron chi connectivity index (χ4n) is 2.39. The molecule has 1 aromatic heterocycles. The summed E-state index contributed by atoms with van der Waals surface area (Å²) in [6, 6.07) is 12.6. The van der Waals surface area contributed by atoms with E-state index in [2.05, 4.69) is 15.0 Å². The highest BCUT2D eigenvalue weighted by molar-refractivity contribution is 5.95. The highest BCUT2D eigenvalue weighted by Gasteiger charge is 2.18. The summed E-state index contributed by atoms with van der Waals surface area (Å²) in [5.74, 6) is 0.691. The first kappa shape index (κ1) is 16.5. The van der Waals surface area contributed by atoms with E-state index >= 15 is 0 Å². The number of benzene rings is 2. The Morgan fingerprint density at radius 2 is 1.92 bits per heavy atom. The van der Waals surface area contributed by atoms with Crippen molar-refractivity contribution in [3.63, 3.8) is 0 Å². The van der Waals surface area contributed by atoms with E-state index in [0.717, 1.165) is 11.1 Å². The number of para-hydroxylation sites is 2. The van der Waals surface area contributed by atoms with Gasteiger partial charge in [0.15, 0.2) is 0 Å². The summed E-state index contributed by atoms with van der Waals surface area (Å²) < 4.78 is 11.7. The van der Waals surface area contributed by atoms with Gasteiger partial charge in [-0.25, -0.2) is 14.3 Å². The third-order valence-electron chi connectivity index (χ3n) is 3.86. The van der Waals surface area contributed by atoms with Crippen LogP contribution >= 0.6 is 0 Å². The molecule has 3 rings (SSSR count). The number of imidazole rings is 1. The van der Waals surface area contributed by atoms with Crippen LogP contribution in [0.15, 0.2) is 42.5 Å². The molecule has 1 amide bonds. The number of carbonyl (C=O) groups is 1. The molecule has 128 valence electrons. The molecule has 3 aromatic rings. The molecule has 0 fully saturated rings. The Labute approximate surface area is 144 Å². The van der Waals surface area contributed by atoms with Gasteiger partial charge in [0, 0.05) is 0 Å². The highest BCUT2D eigenvalue weighted by atomic mass is 16.5. The van der Waals surface area contributed by atoms with E-state index < -0.39 is 6.09 Å². The lowest BCUT2D eigenvalue weighted by molar-refractivity contribution is 0.186. The van der Waals surface area contributed by atoms with Crippen LogP contribution in [0, 0.1) is 19.3 Å². The number of nitrogens with one attached hydrogen (secondary N) is 2. The Morgan fingerprint density at radius 1 is 1.16 bits per heavy atom. The van der Waals surface area contributed by atoms with Crippen LogP contribution in [-0.2, 0) is 4.74 Å². The molecule has 0 aliphatic heterocycles. The molecule has 7 heteroatoms. The lowest BCUT2D eigenvalue weighted by Gasteiger charge is -2.12. The number of ether oxygens (including phenoxy) is 2. The Bertz CT molecular complexity index is 962. The van der Waals surface area contributed by atoms with Crippen molar-refractivity contribution in [1.82, 2.24) is 9.55 Å². The van der Waals surface area contributed by atoms with Crippen molar-refractivity contribution >= 4 is 29.1 Å². The van der Waals surface area contributed by atoms with Crippen LogP contribution in [0.25, 0.3) is 11.0 Å². The zero-order valence-corrected chi connectivity index (χ0v) is 14.2. The number of aromatic nitrogens is 2. The molecule has 0 aliphatic carbocycles. The topological polar surface area (TPSA) is 89.2 Å². The van der Waals surface area contributed by atoms with E-state index in [1.165, 1.54) is 11.7 Å². The molecule has 0 radical (unpaired) electrons. The van der Waals surface area contributed by atoms with Crippen molar-refractivity contribution in [3.05, 3.63) is 53.6 Å². The van der Waals surface area contributed by atoms with Gasteiger partial charge in [-0.1, -0.05) is 18.2 Å². The molecular formula is C18H18N4O3. The van der Waals surface area contributed by atoms with Crippen LogP contribution < -0.4 is 10.1 Å². The number of anilines is 1. The van der Waals surface area contributed by atoms with Crippen molar-refractivity contribution in [2.45, 2.75) is 13.8 Å². The van der Waals surface area contributed by atoms with Crippen LogP contribution in [0.4, 0.5) is 10.7 Å². The Hall–Kier alpha value is -3.35. The van der Waals surface area contributed by atoms with Crippen LogP contribution in [0.1, 0.15) is 11.1 Å². The predicted molar refractivity (Wildman–Crippen MR) is 95.4 cm³/mol. The number of nitrogens with zero attached hydrogens (tertiary/aromatic N) is 2. The van der Waals surface area contributed by atoms with E-state index in [1.54, 1.807) is 18.2 Å². The molecular weight excluding hydrogens is 320 g/mol. The Morgan fingerprint density at radius 3 is 2.64 bits per heavy atom. The van der Waals surface area contributed by atoms with Crippen molar-refractivity contribution < 1.29 is 14.3 Å². The highest BCUT2D eigenvalue weighted by Crippen LogP contribution is 2.22. The van der Waals surface area contributed by atoms with Crippen LogP contribution in [0.5, 0.6) is 5.75 Å². The number of methoxy groups -OCH3 is 1. The third-order valence-corrected chi connectivity index (χ3v) is 3.86. The van der Waals surface area contributed by atoms with Crippen LogP contribution in [-0.4, -0.2) is 28.8 Å². The fourth-order valence-corrected chi connectivity index (χ4v) is 2.39. The van der Waals surface area contributed by atoms with Gasteiger partial charge in [-0.15, -0.1) is 0 Å². The fraction of sp³-hybridized carbons (Fsp3) is 0.167. The van der Waals surface area contributed by atoms with Gasteiger partial charge in [0.05, 0.1) is 18.1 Å². The van der Waals surface area contributed by atoms with E-state index in [-0.39, 0.29) is 12.0 Å². The van der Waals surface area contributed by atoms with Gasteiger partial charge in [-0.3, -0.25) is 10.7 Å². The second kappa shape index (κ2) is 6.64. The molecule has 2 aromatic carbocycles. The van der Waals surface area contributed by atoms with Crippen molar-refractivity contribution in [2.75, 3.05) is 12.4 Å². The van der Waals surface area contributed by atoms with E-state index in [4.69, 9.17) is 10.1 Å². The number of hydrogen-bond donors (Lipinski definition) is 2. The lowest BCUT2D eigenvalue weighted by Crippen LogP contribution is -2.23. The molecule has 0 bridgehead atoms. The zero-order valence-electron chi connectivity index (χ0n) is 14.2. The van der Waals surface area contributed by atoms with Crippen molar-refractivity contribution in [2.24, 2.45) is 0 Å². The van der Waals surface area contributed by atoms with Crippen LogP contribution in [0.2, 0.25) is 0 Å². The van der Waals surface area contributed by atoms with Gasteiger partial charge in [0.2, 0.25) is 5.95 Å². The number of carbonyl (C=O) groups excluding carboxylic acids is 1. The second-order valence-corrected chi connectivity index (χ2v) is 5.53. The summed E-state index contributed by atoms with van der Waals surface area (Å²) in [6.07, 6.45) is -0.671. The molecule has 1 heterocycles. The number of amides is 1. The molecule has 0 aliphatic rings. The third kappa shape index (κ3) is 3.30. The summed E-state index contributed by atoms with van der Waals surface area (Å²) >= 11 is 0. The maximum absolute atomic E-state index is 11.6. The van der Waals surface area contributed by atoms with E-state index in [1.807, 2.05) is 38.1 Å². The zero-order chi connectivity index (χ0) is 18.0. The molecule has 0 atom stereocenters. The number of rotatable bonds is 2. The minimum Gasteiger partial charge on any atom is -0.453 e. The summed E-state index contributed by atoms with van der Waals surface area (Å²) in [5.41, 5.74) is 3.47. The summed E-state index contributed by atoms with van der Waals surface area (Å²) in [6.45, 7) is 3.98. The number of aryl methyl sites for hydroxylation is 2. The average Bonchev–Trinajstić information content (AvgIpc) is 2.95. The molecule has 2 N–H and O–H groups in total. The maximum atomic E-state index is 11.6. The van der Waals surface area contributed by atoms with Gasteiger partial charge in [0.1, 0.15) is 5.75 Å². The van der Waals surface area contributed by atoms with Gasteiger partial charge in [-0.05, 0) is 49.2 Å². The standard InChI is InChI=1S/C18H18N4O3/c1-11-8-9-13(10-12(11)2)25-16(19)22-15-7-5-4-6-14(15)20-17(22)21-18(23)24-3/h4-10,19H,1-3H3,(H,20,21,23). The normalized spacial score (nSPS) is 10.5. The smallest absolute Gasteiger partial charge is 0.413 e. The van der Waals surface area contributed by atoms with E-state index in [0.29, 0.717) is 16.8 Å². The monoisotopic (exact) mass is 338 g/mol. The summed E-state index contributed by atoms with van der Waals surface area (Å²) in [4.78, 5) is 15.9. The van der Waals surface area contributed by atoms with Crippen LogP contribution in [0.3, 0.4) is 0 Å². The van der Waals surface area contributed by atoms with E-state index in [9.17, 15) is 4.79 Å². The molecule has 0 spiro atoms. The van der Waals surface area contributed by atoms with Crippen molar-refractivity contribution in [3.8, 4) is 5.75 Å². The summed E-state index contributed by atoms with van der Waals surface area (Å²) in [5, 5.41) is 10.8. The largest absolute Gasteiger partial charge is 0.453 e. The van der Waals surface area contributed by atoms with Crippen molar-refractivity contribution in [1.29, 1.82) is 5.41 Å². The molecule has 0 saturated heterocycles. The molecule has 0 saturated carbocycles. The average molecular weight is 338 g/mol. The second-order valence-electron chi connectivity index (χ2n) is 5.53. The first-order valence-corrected chi connectivity index (χ1v) is 7.66. The Balaban J connectivity index is 2.00. The minimum atomic E-state index is -0.671. The SMILES string of the molecule is COC(=O)Nc1nc2ccccc2n1C(=N)Oc1ccc(C)c(C)c1. The molecule has 0 unspecified atom stereocenters. The first-order chi connectivity index (χ1) is 12.0. The Kier molecular flexibility index (Phi) is 4.38. The number of hydrogen-bond acceptors (Lipinski definition) is 5. The van der Waals surface area contributed by atoms with Gasteiger partial charge in [0.25, 0.3) is 0 Å². The number of fused-ring (bicyclic) bond motifs is 1. The predicted octanol–water partition coefficient (Wildman–Crippen LogP) is 3.69. The molecule has 7 nitrogen and oxygen atoms in total.